The van der Waals surface area contributed by atoms with Crippen molar-refractivity contribution in [3.8, 4) is 0 Å². The van der Waals surface area contributed by atoms with Gasteiger partial charge in [-0.2, -0.15) is 0 Å². The van der Waals surface area contributed by atoms with E-state index >= 15 is 0 Å². The van der Waals surface area contributed by atoms with Gasteiger partial charge in [0.05, 0.1) is 16.9 Å². The molecule has 0 aromatic heterocycles. The molecule has 0 spiro atoms. The number of carboxylic acids is 1. The van der Waals surface area contributed by atoms with E-state index in [1.165, 1.54) is 38.1 Å². The number of hydrogen-bond acceptors (Lipinski definition) is 4. The lowest BCUT2D eigenvalue weighted by atomic mass is 10.1. The molecule has 3 N–H and O–H groups in total. The minimum Gasteiger partial charge on any atom is -0.478 e. The van der Waals surface area contributed by atoms with Gasteiger partial charge in [-0.25, -0.2) is 17.9 Å². The summed E-state index contributed by atoms with van der Waals surface area (Å²) >= 11 is 0. The van der Waals surface area contributed by atoms with Crippen molar-refractivity contribution < 1.29 is 23.4 Å². The van der Waals surface area contributed by atoms with E-state index in [2.05, 4.69) is 4.72 Å². The van der Waals surface area contributed by atoms with Crippen LogP contribution in [0.15, 0.2) is 24.3 Å². The molecule has 0 atom stereocenters. The molecule has 0 radical (unpaired) electrons. The van der Waals surface area contributed by atoms with Gasteiger partial charge in [0, 0.05) is 6.54 Å². The lowest BCUT2D eigenvalue weighted by Gasteiger charge is -2.17. The average Bonchev–Trinajstić information content (AvgIpc) is 2.25. The normalized spacial score (nSPS) is 12.4. The van der Waals surface area contributed by atoms with Crippen LogP contribution < -0.4 is 4.72 Å². The summed E-state index contributed by atoms with van der Waals surface area (Å²) in [6.45, 7) is 2.87. The fourth-order valence-corrected chi connectivity index (χ4v) is 2.64. The van der Waals surface area contributed by atoms with Crippen molar-refractivity contribution in [2.75, 3.05) is 6.54 Å². The van der Waals surface area contributed by atoms with Crippen molar-refractivity contribution in [3.63, 3.8) is 0 Å². The Morgan fingerprint density at radius 1 is 1.37 bits per heavy atom. The Morgan fingerprint density at radius 2 is 2.00 bits per heavy atom. The smallest absolute Gasteiger partial charge is 0.335 e. The third-order valence-corrected chi connectivity index (χ3v) is 3.55. The third kappa shape index (κ3) is 5.82. The lowest BCUT2D eigenvalue weighted by Crippen LogP contribution is -2.38. The van der Waals surface area contributed by atoms with Gasteiger partial charge in [0.25, 0.3) is 0 Å². The largest absolute Gasteiger partial charge is 0.478 e. The zero-order chi connectivity index (χ0) is 14.7. The fraction of sp³-hybridized carbons (Fsp3) is 0.417. The number of aromatic carboxylic acids is 1. The number of carbonyl (C=O) groups is 1. The number of nitrogens with one attached hydrogen (secondary N) is 1. The summed E-state index contributed by atoms with van der Waals surface area (Å²) in [4.78, 5) is 10.8. The van der Waals surface area contributed by atoms with Crippen molar-refractivity contribution in [2.45, 2.75) is 25.2 Å². The first-order valence-corrected chi connectivity index (χ1v) is 7.26. The van der Waals surface area contributed by atoms with Crippen LogP contribution >= 0.6 is 0 Å². The first kappa shape index (κ1) is 15.6. The van der Waals surface area contributed by atoms with Crippen LogP contribution in [0.4, 0.5) is 0 Å². The van der Waals surface area contributed by atoms with Crippen LogP contribution in [0.25, 0.3) is 0 Å². The van der Waals surface area contributed by atoms with Crippen molar-refractivity contribution in [2.24, 2.45) is 0 Å². The summed E-state index contributed by atoms with van der Waals surface area (Å²) in [7, 11) is -3.61. The summed E-state index contributed by atoms with van der Waals surface area (Å²) in [6, 6.07) is 5.73. The summed E-state index contributed by atoms with van der Waals surface area (Å²) in [5.41, 5.74) is -0.728. The molecule has 106 valence electrons. The van der Waals surface area contributed by atoms with E-state index < -0.39 is 21.6 Å². The molecule has 0 bridgehead atoms. The Morgan fingerprint density at radius 3 is 2.53 bits per heavy atom. The molecule has 0 saturated carbocycles. The van der Waals surface area contributed by atoms with Crippen LogP contribution in [-0.2, 0) is 15.8 Å². The van der Waals surface area contributed by atoms with Crippen LogP contribution in [0.5, 0.6) is 0 Å². The molecule has 6 nitrogen and oxygen atoms in total. The lowest BCUT2D eigenvalue weighted by molar-refractivity contribution is 0.0696. The number of hydrogen-bond donors (Lipinski definition) is 3. The van der Waals surface area contributed by atoms with Crippen molar-refractivity contribution in [3.05, 3.63) is 35.4 Å². The molecular weight excluding hydrogens is 270 g/mol. The third-order valence-electron chi connectivity index (χ3n) is 2.26. The Bertz CT molecular complexity index is 560. The van der Waals surface area contributed by atoms with E-state index in [-0.39, 0.29) is 17.9 Å². The molecule has 0 heterocycles. The predicted molar refractivity (Wildman–Crippen MR) is 70.3 cm³/mol. The van der Waals surface area contributed by atoms with Gasteiger partial charge in [-0.15, -0.1) is 0 Å². The number of carboxylic acid groups (broad SMARTS) is 1. The Hall–Kier alpha value is -1.44. The van der Waals surface area contributed by atoms with Gasteiger partial charge < -0.3 is 10.2 Å². The van der Waals surface area contributed by atoms with Gasteiger partial charge in [0.15, 0.2) is 0 Å². The minimum absolute atomic E-state index is 0.0372. The Balaban J connectivity index is 2.78. The van der Waals surface area contributed by atoms with Crippen molar-refractivity contribution >= 4 is 16.0 Å². The molecule has 0 aliphatic carbocycles. The van der Waals surface area contributed by atoms with Gasteiger partial charge in [-0.05, 0) is 31.5 Å². The summed E-state index contributed by atoms with van der Waals surface area (Å²) in [6.07, 6.45) is 0. The highest BCUT2D eigenvalue weighted by atomic mass is 32.2. The molecule has 0 saturated heterocycles. The molecule has 7 heteroatoms. The predicted octanol–water partition coefficient (Wildman–Crippen LogP) is 0.575. The second kappa shape index (κ2) is 5.68. The monoisotopic (exact) mass is 287 g/mol. The number of rotatable bonds is 6. The molecular formula is C12H17NO5S. The SMILES string of the molecule is CC(C)(O)CNS(=O)(=O)Cc1cccc(C(=O)O)c1. The number of sulfonamides is 1. The highest BCUT2D eigenvalue weighted by molar-refractivity contribution is 7.88. The quantitative estimate of drug-likeness (QED) is 0.710. The number of aliphatic hydroxyl groups is 1. The van der Waals surface area contributed by atoms with Crippen LogP contribution in [0.2, 0.25) is 0 Å². The first-order valence-electron chi connectivity index (χ1n) is 5.61. The van der Waals surface area contributed by atoms with Crippen molar-refractivity contribution in [1.29, 1.82) is 0 Å². The second-order valence-corrected chi connectivity index (χ2v) is 6.71. The molecule has 0 fully saturated rings. The second-order valence-electron chi connectivity index (χ2n) is 4.90. The molecule has 1 rings (SSSR count). The molecule has 0 aliphatic rings. The molecule has 0 amide bonds. The van der Waals surface area contributed by atoms with Gasteiger partial charge in [0.1, 0.15) is 0 Å². The van der Waals surface area contributed by atoms with Crippen LogP contribution in [-0.4, -0.2) is 36.7 Å². The topological polar surface area (TPSA) is 104 Å². The minimum atomic E-state index is -3.61. The maximum atomic E-state index is 11.8. The molecule has 0 unspecified atom stereocenters. The van der Waals surface area contributed by atoms with E-state index in [1.807, 2.05) is 0 Å². The standard InChI is InChI=1S/C12H17NO5S/c1-12(2,16)8-13-19(17,18)7-9-4-3-5-10(6-9)11(14)15/h3-6,13,16H,7-8H2,1-2H3,(H,14,15). The van der Waals surface area contributed by atoms with Gasteiger partial charge in [0.2, 0.25) is 10.0 Å². The van der Waals surface area contributed by atoms with Crippen molar-refractivity contribution in [1.82, 2.24) is 4.72 Å². The van der Waals surface area contributed by atoms with Gasteiger partial charge in [-0.1, -0.05) is 12.1 Å². The maximum absolute atomic E-state index is 11.8. The van der Waals surface area contributed by atoms with E-state index in [1.54, 1.807) is 0 Å². The number of benzene rings is 1. The molecule has 1 aromatic carbocycles. The van der Waals surface area contributed by atoms with Gasteiger partial charge >= 0.3 is 5.97 Å². The Kier molecular flexibility index (Phi) is 4.67. The molecule has 0 aliphatic heterocycles. The summed E-state index contributed by atoms with van der Waals surface area (Å²) in [5, 5.41) is 18.3. The highest BCUT2D eigenvalue weighted by Gasteiger charge is 2.18. The van der Waals surface area contributed by atoms with Crippen LogP contribution in [0.1, 0.15) is 29.8 Å². The fourth-order valence-electron chi connectivity index (χ4n) is 1.35. The van der Waals surface area contributed by atoms with E-state index in [9.17, 15) is 18.3 Å². The zero-order valence-electron chi connectivity index (χ0n) is 10.8. The maximum Gasteiger partial charge on any atom is 0.335 e. The Labute approximate surface area is 112 Å². The summed E-state index contributed by atoms with van der Waals surface area (Å²) < 4.78 is 25.8. The van der Waals surface area contributed by atoms with Gasteiger partial charge in [-0.3, -0.25) is 0 Å². The van der Waals surface area contributed by atoms with Crippen LogP contribution in [0, 0.1) is 0 Å². The van der Waals surface area contributed by atoms with E-state index in [0.29, 0.717) is 5.56 Å². The first-order chi connectivity index (χ1) is 8.59. The summed E-state index contributed by atoms with van der Waals surface area (Å²) in [5.74, 6) is -1.44. The zero-order valence-corrected chi connectivity index (χ0v) is 11.6. The van der Waals surface area contributed by atoms with Crippen LogP contribution in [0.3, 0.4) is 0 Å². The molecule has 19 heavy (non-hydrogen) atoms. The highest BCUT2D eigenvalue weighted by Crippen LogP contribution is 2.09. The van der Waals surface area contributed by atoms with E-state index in [4.69, 9.17) is 5.11 Å². The molecule has 1 aromatic rings. The van der Waals surface area contributed by atoms with E-state index in [0.717, 1.165) is 0 Å². The average molecular weight is 287 g/mol.